The summed E-state index contributed by atoms with van der Waals surface area (Å²) in [5.74, 6) is 1.23. The molecule has 0 unspecified atom stereocenters. The van der Waals surface area contributed by atoms with E-state index < -0.39 is 0 Å². The van der Waals surface area contributed by atoms with E-state index in [9.17, 15) is 4.79 Å². The van der Waals surface area contributed by atoms with Gasteiger partial charge in [-0.15, -0.1) is 0 Å². The maximum absolute atomic E-state index is 12.5. The molecule has 3 heteroatoms. The predicted molar refractivity (Wildman–Crippen MR) is 91.0 cm³/mol. The fraction of sp³-hybridized carbons (Fsp3) is 0.850. The van der Waals surface area contributed by atoms with Crippen molar-refractivity contribution in [2.45, 2.75) is 64.4 Å². The van der Waals surface area contributed by atoms with Gasteiger partial charge in [-0.1, -0.05) is 25.5 Å². The minimum Gasteiger partial charge on any atom is -0.462 e. The maximum atomic E-state index is 12.5. The van der Waals surface area contributed by atoms with E-state index in [1.165, 1.54) is 44.1 Å². The Hall–Kier alpha value is -0.830. The highest BCUT2D eigenvalue weighted by atomic mass is 16.6. The van der Waals surface area contributed by atoms with Gasteiger partial charge in [0.05, 0.1) is 5.92 Å². The van der Waals surface area contributed by atoms with Gasteiger partial charge in [0, 0.05) is 12.5 Å². The van der Waals surface area contributed by atoms with E-state index in [1.54, 1.807) is 0 Å². The number of allylic oxidation sites excluding steroid dienone is 1. The molecule has 4 rings (SSSR count). The van der Waals surface area contributed by atoms with Crippen molar-refractivity contribution in [1.82, 2.24) is 4.90 Å². The molecule has 23 heavy (non-hydrogen) atoms. The molecule has 0 bridgehead atoms. The van der Waals surface area contributed by atoms with Gasteiger partial charge in [0.1, 0.15) is 6.10 Å². The number of ether oxygens (including phenoxy) is 1. The van der Waals surface area contributed by atoms with Gasteiger partial charge in [0.2, 0.25) is 0 Å². The number of nitrogens with zero attached hydrogens (tertiary/aromatic N) is 1. The second-order valence-corrected chi connectivity index (χ2v) is 8.77. The van der Waals surface area contributed by atoms with Crippen LogP contribution in [0.2, 0.25) is 0 Å². The topological polar surface area (TPSA) is 29.5 Å². The first-order valence-electron chi connectivity index (χ1n) is 9.67. The summed E-state index contributed by atoms with van der Waals surface area (Å²) in [4.78, 5) is 15.0. The Balaban J connectivity index is 1.50. The van der Waals surface area contributed by atoms with E-state index in [0.29, 0.717) is 17.3 Å². The SMILES string of the molecule is C=C1CCC[C@@]2(C)C[C@H]3OC(=O)[C@H](CN4CCCCC4)[C@@H]3C[C@@H]12. The molecule has 2 saturated heterocycles. The first-order valence-corrected chi connectivity index (χ1v) is 9.67. The number of likely N-dealkylation sites (tertiary alicyclic amines) is 1. The number of rotatable bonds is 2. The van der Waals surface area contributed by atoms with Gasteiger partial charge in [-0.3, -0.25) is 4.79 Å². The lowest BCUT2D eigenvalue weighted by molar-refractivity contribution is -0.146. The molecule has 5 atom stereocenters. The number of hydrogen-bond acceptors (Lipinski definition) is 3. The zero-order chi connectivity index (χ0) is 16.0. The van der Waals surface area contributed by atoms with Gasteiger partial charge < -0.3 is 9.64 Å². The normalized spacial score (nSPS) is 44.6. The van der Waals surface area contributed by atoms with Crippen molar-refractivity contribution in [3.63, 3.8) is 0 Å². The van der Waals surface area contributed by atoms with Crippen LogP contribution in [0.25, 0.3) is 0 Å². The van der Waals surface area contributed by atoms with E-state index >= 15 is 0 Å². The summed E-state index contributed by atoms with van der Waals surface area (Å²) in [5.41, 5.74) is 1.75. The van der Waals surface area contributed by atoms with E-state index in [4.69, 9.17) is 4.74 Å². The predicted octanol–water partition coefficient (Wildman–Crippen LogP) is 3.79. The molecule has 2 aliphatic heterocycles. The molecule has 0 aromatic heterocycles. The summed E-state index contributed by atoms with van der Waals surface area (Å²) in [7, 11) is 0. The second kappa shape index (κ2) is 5.91. The van der Waals surface area contributed by atoms with Gasteiger partial charge in [-0.2, -0.15) is 0 Å². The minimum atomic E-state index is 0.0819. The molecular weight excluding hydrogens is 286 g/mol. The van der Waals surface area contributed by atoms with Gasteiger partial charge in [0.15, 0.2) is 0 Å². The Morgan fingerprint density at radius 3 is 2.83 bits per heavy atom. The number of fused-ring (bicyclic) bond motifs is 2. The molecule has 4 fully saturated rings. The fourth-order valence-electron chi connectivity index (χ4n) is 5.88. The molecule has 2 heterocycles. The number of piperidine rings is 1. The highest BCUT2D eigenvalue weighted by Crippen LogP contribution is 2.56. The van der Waals surface area contributed by atoms with Crippen LogP contribution < -0.4 is 0 Å². The van der Waals surface area contributed by atoms with Crippen LogP contribution in [0, 0.1) is 23.2 Å². The fourth-order valence-corrected chi connectivity index (χ4v) is 5.88. The van der Waals surface area contributed by atoms with Crippen molar-refractivity contribution < 1.29 is 9.53 Å². The summed E-state index contributed by atoms with van der Waals surface area (Å²) in [6.45, 7) is 10.0. The van der Waals surface area contributed by atoms with Crippen molar-refractivity contribution >= 4 is 5.97 Å². The van der Waals surface area contributed by atoms with Crippen LogP contribution in [0.5, 0.6) is 0 Å². The van der Waals surface area contributed by atoms with Crippen LogP contribution in [-0.2, 0) is 9.53 Å². The van der Waals surface area contributed by atoms with Crippen LogP contribution in [0.4, 0.5) is 0 Å². The van der Waals surface area contributed by atoms with E-state index in [2.05, 4.69) is 18.4 Å². The van der Waals surface area contributed by atoms with Crippen LogP contribution in [0.15, 0.2) is 12.2 Å². The van der Waals surface area contributed by atoms with Gasteiger partial charge >= 0.3 is 5.97 Å². The number of carbonyl (C=O) groups is 1. The highest BCUT2D eigenvalue weighted by Gasteiger charge is 2.55. The molecular formula is C20H31NO2. The summed E-state index contributed by atoms with van der Waals surface area (Å²) >= 11 is 0. The molecule has 0 N–H and O–H groups in total. The first-order chi connectivity index (χ1) is 11.1. The number of esters is 1. The summed E-state index contributed by atoms with van der Waals surface area (Å²) in [6.07, 6.45) is 9.99. The molecule has 0 radical (unpaired) electrons. The zero-order valence-corrected chi connectivity index (χ0v) is 14.6. The zero-order valence-electron chi connectivity index (χ0n) is 14.6. The summed E-state index contributed by atoms with van der Waals surface area (Å²) in [6, 6.07) is 0. The molecule has 0 amide bonds. The van der Waals surface area contributed by atoms with Crippen molar-refractivity contribution in [1.29, 1.82) is 0 Å². The Morgan fingerprint density at radius 1 is 1.26 bits per heavy atom. The lowest BCUT2D eigenvalue weighted by atomic mass is 9.55. The van der Waals surface area contributed by atoms with E-state index in [0.717, 1.165) is 32.5 Å². The van der Waals surface area contributed by atoms with Gasteiger partial charge in [0.25, 0.3) is 0 Å². The Kier molecular flexibility index (Phi) is 4.03. The van der Waals surface area contributed by atoms with Crippen molar-refractivity contribution in [2.24, 2.45) is 23.2 Å². The summed E-state index contributed by atoms with van der Waals surface area (Å²) in [5, 5.41) is 0. The molecule has 2 saturated carbocycles. The molecule has 4 aliphatic rings. The Bertz CT molecular complexity index is 496. The molecule has 0 aromatic carbocycles. The molecule has 2 aliphatic carbocycles. The molecule has 0 spiro atoms. The van der Waals surface area contributed by atoms with E-state index in [1.807, 2.05) is 0 Å². The van der Waals surface area contributed by atoms with Gasteiger partial charge in [-0.25, -0.2) is 0 Å². The average Bonchev–Trinajstić information content (AvgIpc) is 2.81. The average molecular weight is 317 g/mol. The van der Waals surface area contributed by atoms with Crippen LogP contribution in [0.3, 0.4) is 0 Å². The molecule has 128 valence electrons. The Morgan fingerprint density at radius 2 is 2.04 bits per heavy atom. The van der Waals surface area contributed by atoms with Crippen molar-refractivity contribution in [3.05, 3.63) is 12.2 Å². The Labute approximate surface area is 140 Å². The van der Waals surface area contributed by atoms with Crippen LogP contribution in [-0.4, -0.2) is 36.6 Å². The minimum absolute atomic E-state index is 0.0819. The second-order valence-electron chi connectivity index (χ2n) is 8.77. The van der Waals surface area contributed by atoms with E-state index in [-0.39, 0.29) is 18.0 Å². The van der Waals surface area contributed by atoms with Gasteiger partial charge in [-0.05, 0) is 69.4 Å². The lowest BCUT2D eigenvalue weighted by Gasteiger charge is -2.50. The lowest BCUT2D eigenvalue weighted by Crippen LogP contribution is -2.46. The first kappa shape index (κ1) is 15.7. The van der Waals surface area contributed by atoms with Crippen LogP contribution in [0.1, 0.15) is 58.3 Å². The third-order valence-electron chi connectivity index (χ3n) is 7.22. The molecule has 0 aromatic rings. The third kappa shape index (κ3) is 2.75. The quantitative estimate of drug-likeness (QED) is 0.573. The van der Waals surface area contributed by atoms with Crippen molar-refractivity contribution in [2.75, 3.05) is 19.6 Å². The highest BCUT2D eigenvalue weighted by molar-refractivity contribution is 5.75. The number of carbonyl (C=O) groups excluding carboxylic acids is 1. The largest absolute Gasteiger partial charge is 0.462 e. The standard InChI is InChI=1S/C20H31NO2/c1-14-7-6-8-20(2)12-18-15(11-17(14)20)16(19(22)23-18)13-21-9-4-3-5-10-21/h15-18H,1,3-13H2,2H3/t15-,16+,17-,18+,20-/m0/s1. The smallest absolute Gasteiger partial charge is 0.310 e. The summed E-state index contributed by atoms with van der Waals surface area (Å²) < 4.78 is 5.87. The van der Waals surface area contributed by atoms with Crippen LogP contribution >= 0.6 is 0 Å². The third-order valence-corrected chi connectivity index (χ3v) is 7.22. The number of hydrogen-bond donors (Lipinski definition) is 0. The molecule has 3 nitrogen and oxygen atoms in total. The monoisotopic (exact) mass is 317 g/mol. The maximum Gasteiger partial charge on any atom is 0.310 e. The van der Waals surface area contributed by atoms with Crippen molar-refractivity contribution in [3.8, 4) is 0 Å².